The second-order valence-corrected chi connectivity index (χ2v) is 5.96. The van der Waals surface area contributed by atoms with E-state index in [0.29, 0.717) is 13.0 Å². The number of hydrogen-bond donors (Lipinski definition) is 3. The Kier molecular flexibility index (Phi) is 6.40. The Balaban J connectivity index is 1.65. The van der Waals surface area contributed by atoms with Gasteiger partial charge < -0.3 is 21.1 Å². The zero-order valence-electron chi connectivity index (χ0n) is 13.5. The van der Waals surface area contributed by atoms with Crippen molar-refractivity contribution in [3.63, 3.8) is 0 Å². The Bertz CT molecular complexity index is 530. The van der Waals surface area contributed by atoms with Crippen LogP contribution in [0.4, 0.5) is 0 Å². The van der Waals surface area contributed by atoms with E-state index in [4.69, 9.17) is 10.5 Å². The van der Waals surface area contributed by atoms with E-state index in [-0.39, 0.29) is 30.3 Å². The molecule has 0 radical (unpaired) electrons. The molecular weight excluding hydrogens is 294 g/mol. The highest BCUT2D eigenvalue weighted by molar-refractivity contribution is 5.84. The highest BCUT2D eigenvalue weighted by Crippen LogP contribution is 2.26. The van der Waals surface area contributed by atoms with E-state index in [1.807, 2.05) is 24.3 Å². The second kappa shape index (κ2) is 8.53. The number of carbonyl (C=O) groups is 2. The van der Waals surface area contributed by atoms with Crippen molar-refractivity contribution in [1.82, 2.24) is 10.6 Å². The molecule has 0 aromatic heterocycles. The SMILES string of the molecule is COc1ccc(CNC(=O)CNC(=O)C[C@@H]2CCC[C@H]2N)cc1. The van der Waals surface area contributed by atoms with Crippen LogP contribution in [0.2, 0.25) is 0 Å². The van der Waals surface area contributed by atoms with Gasteiger partial charge in [-0.25, -0.2) is 0 Å². The molecule has 4 N–H and O–H groups in total. The number of benzene rings is 1. The van der Waals surface area contributed by atoms with Crippen molar-refractivity contribution in [2.24, 2.45) is 11.7 Å². The molecule has 6 nitrogen and oxygen atoms in total. The number of carbonyl (C=O) groups excluding carboxylic acids is 2. The van der Waals surface area contributed by atoms with E-state index in [1.54, 1.807) is 7.11 Å². The van der Waals surface area contributed by atoms with Gasteiger partial charge >= 0.3 is 0 Å². The first kappa shape index (κ1) is 17.3. The van der Waals surface area contributed by atoms with Crippen molar-refractivity contribution in [3.05, 3.63) is 29.8 Å². The highest BCUT2D eigenvalue weighted by Gasteiger charge is 2.25. The van der Waals surface area contributed by atoms with E-state index in [9.17, 15) is 9.59 Å². The summed E-state index contributed by atoms with van der Waals surface area (Å²) in [4.78, 5) is 23.6. The highest BCUT2D eigenvalue weighted by atomic mass is 16.5. The van der Waals surface area contributed by atoms with Gasteiger partial charge in [-0.2, -0.15) is 0 Å². The number of hydrogen-bond acceptors (Lipinski definition) is 4. The number of rotatable bonds is 7. The predicted octanol–water partition coefficient (Wildman–Crippen LogP) is 0.945. The molecule has 6 heteroatoms. The summed E-state index contributed by atoms with van der Waals surface area (Å²) in [5, 5.41) is 5.43. The molecule has 2 atom stereocenters. The van der Waals surface area contributed by atoms with Crippen molar-refractivity contribution in [1.29, 1.82) is 0 Å². The molecule has 1 fully saturated rings. The molecule has 2 amide bonds. The van der Waals surface area contributed by atoms with E-state index in [1.165, 1.54) is 0 Å². The Morgan fingerprint density at radius 1 is 1.17 bits per heavy atom. The van der Waals surface area contributed by atoms with Gasteiger partial charge in [-0.15, -0.1) is 0 Å². The third-order valence-electron chi connectivity index (χ3n) is 4.26. The average molecular weight is 319 g/mol. The summed E-state index contributed by atoms with van der Waals surface area (Å²) in [6.45, 7) is 0.420. The zero-order chi connectivity index (χ0) is 16.7. The Morgan fingerprint density at radius 2 is 1.91 bits per heavy atom. The molecule has 1 aliphatic rings. The third-order valence-corrected chi connectivity index (χ3v) is 4.26. The van der Waals surface area contributed by atoms with Crippen LogP contribution in [0.3, 0.4) is 0 Å². The molecule has 1 aliphatic carbocycles. The molecule has 0 saturated heterocycles. The van der Waals surface area contributed by atoms with Crippen LogP contribution in [0.1, 0.15) is 31.2 Å². The molecular formula is C17H25N3O3. The summed E-state index contributed by atoms with van der Waals surface area (Å²) in [7, 11) is 1.61. The number of methoxy groups -OCH3 is 1. The largest absolute Gasteiger partial charge is 0.497 e. The second-order valence-electron chi connectivity index (χ2n) is 5.96. The first-order chi connectivity index (χ1) is 11.1. The van der Waals surface area contributed by atoms with Crippen LogP contribution in [-0.4, -0.2) is 31.5 Å². The molecule has 0 spiro atoms. The summed E-state index contributed by atoms with van der Waals surface area (Å²) in [5.74, 6) is 0.714. The lowest BCUT2D eigenvalue weighted by atomic mass is 10.00. The molecule has 1 saturated carbocycles. The first-order valence-corrected chi connectivity index (χ1v) is 8.00. The molecule has 126 valence electrons. The van der Waals surface area contributed by atoms with Crippen molar-refractivity contribution < 1.29 is 14.3 Å². The minimum atomic E-state index is -0.204. The average Bonchev–Trinajstić information content (AvgIpc) is 2.96. The fourth-order valence-corrected chi connectivity index (χ4v) is 2.81. The number of amides is 2. The molecule has 1 aromatic rings. The standard InChI is InChI=1S/C17H25N3O3/c1-23-14-7-5-12(6-8-14)10-19-17(22)11-20-16(21)9-13-3-2-4-15(13)18/h5-8,13,15H,2-4,9-11,18H2,1H3,(H,19,22)(H,20,21)/t13-,15+/m0/s1. The Morgan fingerprint density at radius 3 is 2.52 bits per heavy atom. The maximum Gasteiger partial charge on any atom is 0.239 e. The smallest absolute Gasteiger partial charge is 0.239 e. The molecule has 0 unspecified atom stereocenters. The predicted molar refractivity (Wildman–Crippen MR) is 87.8 cm³/mol. The lowest BCUT2D eigenvalue weighted by Gasteiger charge is -2.14. The van der Waals surface area contributed by atoms with E-state index >= 15 is 0 Å². The van der Waals surface area contributed by atoms with Gasteiger partial charge in [0, 0.05) is 19.0 Å². The zero-order valence-corrected chi connectivity index (χ0v) is 13.5. The van der Waals surface area contributed by atoms with Crippen LogP contribution in [0.15, 0.2) is 24.3 Å². The fraction of sp³-hybridized carbons (Fsp3) is 0.529. The van der Waals surface area contributed by atoms with E-state index in [0.717, 1.165) is 30.6 Å². The van der Waals surface area contributed by atoms with Gasteiger partial charge in [0.15, 0.2) is 0 Å². The number of nitrogens with two attached hydrogens (primary N) is 1. The van der Waals surface area contributed by atoms with Crippen LogP contribution in [0.25, 0.3) is 0 Å². The van der Waals surface area contributed by atoms with Gasteiger partial charge in [-0.05, 0) is 36.5 Å². The summed E-state index contributed by atoms with van der Waals surface area (Å²) in [6, 6.07) is 7.57. The van der Waals surface area contributed by atoms with Gasteiger partial charge in [0.25, 0.3) is 0 Å². The number of nitrogens with one attached hydrogen (secondary N) is 2. The van der Waals surface area contributed by atoms with Crippen LogP contribution in [0, 0.1) is 5.92 Å². The topological polar surface area (TPSA) is 93.5 Å². The molecule has 0 aliphatic heterocycles. The summed E-state index contributed by atoms with van der Waals surface area (Å²) < 4.78 is 5.08. The van der Waals surface area contributed by atoms with Crippen molar-refractivity contribution in [2.75, 3.05) is 13.7 Å². The quantitative estimate of drug-likeness (QED) is 0.697. The maximum atomic E-state index is 11.8. The Hall–Kier alpha value is -2.08. The van der Waals surface area contributed by atoms with Crippen molar-refractivity contribution in [2.45, 2.75) is 38.3 Å². The summed E-state index contributed by atoms with van der Waals surface area (Å²) >= 11 is 0. The van der Waals surface area contributed by atoms with Crippen LogP contribution >= 0.6 is 0 Å². The Labute approximate surface area is 136 Å². The maximum absolute atomic E-state index is 11.8. The van der Waals surface area contributed by atoms with Crippen LogP contribution < -0.4 is 21.1 Å². The number of ether oxygens (including phenoxy) is 1. The minimum Gasteiger partial charge on any atom is -0.497 e. The van der Waals surface area contributed by atoms with Crippen LogP contribution in [0.5, 0.6) is 5.75 Å². The lowest BCUT2D eigenvalue weighted by molar-refractivity contribution is -0.126. The van der Waals surface area contributed by atoms with Gasteiger partial charge in [-0.3, -0.25) is 9.59 Å². The molecule has 2 rings (SSSR count). The first-order valence-electron chi connectivity index (χ1n) is 8.00. The monoisotopic (exact) mass is 319 g/mol. The van der Waals surface area contributed by atoms with Gasteiger partial charge in [0.2, 0.25) is 11.8 Å². The van der Waals surface area contributed by atoms with Gasteiger partial charge in [0.1, 0.15) is 5.75 Å². The molecule has 0 heterocycles. The lowest BCUT2D eigenvalue weighted by Crippen LogP contribution is -2.38. The minimum absolute atomic E-state index is 0.00303. The van der Waals surface area contributed by atoms with Gasteiger partial charge in [-0.1, -0.05) is 18.6 Å². The summed E-state index contributed by atoms with van der Waals surface area (Å²) in [5.41, 5.74) is 6.92. The third kappa shape index (κ3) is 5.56. The summed E-state index contributed by atoms with van der Waals surface area (Å²) in [6.07, 6.45) is 3.48. The molecule has 23 heavy (non-hydrogen) atoms. The van der Waals surface area contributed by atoms with Gasteiger partial charge in [0.05, 0.1) is 13.7 Å². The van der Waals surface area contributed by atoms with Crippen LogP contribution in [-0.2, 0) is 16.1 Å². The molecule has 1 aromatic carbocycles. The normalized spacial score (nSPS) is 20.1. The van der Waals surface area contributed by atoms with E-state index < -0.39 is 0 Å². The van der Waals surface area contributed by atoms with E-state index in [2.05, 4.69) is 10.6 Å². The van der Waals surface area contributed by atoms with Crippen molar-refractivity contribution >= 4 is 11.8 Å². The molecule has 0 bridgehead atoms. The van der Waals surface area contributed by atoms with Crippen molar-refractivity contribution in [3.8, 4) is 5.75 Å². The fourth-order valence-electron chi connectivity index (χ4n) is 2.81.